The number of aromatic amines is 2. The van der Waals surface area contributed by atoms with Crippen molar-refractivity contribution in [3.63, 3.8) is 0 Å². The van der Waals surface area contributed by atoms with Gasteiger partial charge < -0.3 is 16.0 Å². The summed E-state index contributed by atoms with van der Waals surface area (Å²) in [5, 5.41) is 16.3. The monoisotopic (exact) mass is 194 g/mol. The first-order valence-corrected chi connectivity index (χ1v) is 4.04. The maximum absolute atomic E-state index is 5.64. The van der Waals surface area contributed by atoms with Crippen LogP contribution in [0.5, 0.6) is 0 Å². The first kappa shape index (κ1) is 8.48. The molecule has 8 nitrogen and oxygen atoms in total. The van der Waals surface area contributed by atoms with Gasteiger partial charge in [0.15, 0.2) is 11.6 Å². The smallest absolute Gasteiger partial charge is 0.193 e. The van der Waals surface area contributed by atoms with Crippen molar-refractivity contribution < 1.29 is 0 Å². The van der Waals surface area contributed by atoms with Gasteiger partial charge >= 0.3 is 0 Å². The SMILES string of the molecule is Cc1nc(NCc2nn[nH]n2)c(N)[nH]1. The number of hydrogen-bond donors (Lipinski definition) is 4. The highest BCUT2D eigenvalue weighted by molar-refractivity contribution is 5.56. The molecule has 0 aliphatic carbocycles. The van der Waals surface area contributed by atoms with Crippen molar-refractivity contribution in [3.05, 3.63) is 11.6 Å². The van der Waals surface area contributed by atoms with Crippen LogP contribution in [0.15, 0.2) is 0 Å². The molecule has 2 heterocycles. The summed E-state index contributed by atoms with van der Waals surface area (Å²) < 4.78 is 0. The average molecular weight is 194 g/mol. The van der Waals surface area contributed by atoms with Crippen molar-refractivity contribution in [1.82, 2.24) is 30.6 Å². The Balaban J connectivity index is 2.01. The van der Waals surface area contributed by atoms with E-state index in [-0.39, 0.29) is 0 Å². The number of nitrogens with two attached hydrogens (primary N) is 1. The molecule has 5 N–H and O–H groups in total. The number of nitrogens with one attached hydrogen (secondary N) is 3. The third kappa shape index (κ3) is 1.63. The second kappa shape index (κ2) is 3.32. The fourth-order valence-corrected chi connectivity index (χ4v) is 1.06. The van der Waals surface area contributed by atoms with E-state index in [2.05, 4.69) is 35.9 Å². The molecule has 0 unspecified atom stereocenters. The maximum Gasteiger partial charge on any atom is 0.193 e. The molecule has 0 bridgehead atoms. The molecule has 2 aromatic rings. The predicted octanol–water partition coefficient (Wildman–Crippen LogP) is -0.574. The van der Waals surface area contributed by atoms with Crippen molar-refractivity contribution in [1.29, 1.82) is 0 Å². The lowest BCUT2D eigenvalue weighted by Crippen LogP contribution is -2.03. The average Bonchev–Trinajstić information content (AvgIpc) is 2.72. The number of nitrogens with zero attached hydrogens (tertiary/aromatic N) is 4. The van der Waals surface area contributed by atoms with E-state index in [0.29, 0.717) is 24.0 Å². The minimum Gasteiger partial charge on any atom is -0.382 e. The molecular weight excluding hydrogens is 184 g/mol. The van der Waals surface area contributed by atoms with Crippen molar-refractivity contribution in [2.45, 2.75) is 13.5 Å². The summed E-state index contributed by atoms with van der Waals surface area (Å²) >= 11 is 0. The van der Waals surface area contributed by atoms with E-state index in [1.807, 2.05) is 6.92 Å². The molecule has 0 saturated carbocycles. The first-order valence-electron chi connectivity index (χ1n) is 4.04. The highest BCUT2D eigenvalue weighted by Gasteiger charge is 2.05. The van der Waals surface area contributed by atoms with Crippen LogP contribution < -0.4 is 11.1 Å². The van der Waals surface area contributed by atoms with Crippen molar-refractivity contribution >= 4 is 11.6 Å². The van der Waals surface area contributed by atoms with Gasteiger partial charge in [0.05, 0.1) is 6.54 Å². The molecule has 14 heavy (non-hydrogen) atoms. The molecule has 2 aromatic heterocycles. The molecular formula is C6H10N8. The zero-order valence-corrected chi connectivity index (χ0v) is 7.57. The van der Waals surface area contributed by atoms with Gasteiger partial charge in [-0.05, 0) is 6.92 Å². The van der Waals surface area contributed by atoms with E-state index in [1.165, 1.54) is 0 Å². The fraction of sp³-hybridized carbons (Fsp3) is 0.333. The Morgan fingerprint density at radius 1 is 1.50 bits per heavy atom. The van der Waals surface area contributed by atoms with Gasteiger partial charge in [-0.25, -0.2) is 4.98 Å². The standard InChI is InChI=1S/C6H10N8/c1-3-9-5(7)6(10-3)8-2-4-11-13-14-12-4/h8H,2,7H2,1H3,(H,9,10)(H,11,12,13,14). The van der Waals surface area contributed by atoms with Gasteiger partial charge in [-0.15, -0.1) is 10.2 Å². The zero-order valence-electron chi connectivity index (χ0n) is 7.57. The molecule has 74 valence electrons. The number of nitrogen functional groups attached to an aromatic ring is 1. The number of imidazole rings is 1. The summed E-state index contributed by atoms with van der Waals surface area (Å²) in [5.74, 6) is 2.43. The van der Waals surface area contributed by atoms with E-state index in [9.17, 15) is 0 Å². The maximum atomic E-state index is 5.64. The van der Waals surface area contributed by atoms with Gasteiger partial charge in [-0.3, -0.25) is 0 Å². The third-order valence-corrected chi connectivity index (χ3v) is 1.65. The number of anilines is 2. The van der Waals surface area contributed by atoms with E-state index in [0.717, 1.165) is 5.82 Å². The summed E-state index contributed by atoms with van der Waals surface area (Å²) in [6.07, 6.45) is 0. The Labute approximate surface area is 79.3 Å². The third-order valence-electron chi connectivity index (χ3n) is 1.65. The van der Waals surface area contributed by atoms with Crippen LogP contribution in [0.1, 0.15) is 11.6 Å². The first-order chi connectivity index (χ1) is 6.75. The minimum absolute atomic E-state index is 0.436. The van der Waals surface area contributed by atoms with Gasteiger partial charge in [0.2, 0.25) is 0 Å². The second-order valence-corrected chi connectivity index (χ2v) is 2.77. The topological polar surface area (TPSA) is 121 Å². The summed E-state index contributed by atoms with van der Waals surface area (Å²) in [7, 11) is 0. The molecule has 0 aliphatic rings. The van der Waals surface area contributed by atoms with Crippen molar-refractivity contribution in [2.75, 3.05) is 11.1 Å². The number of aromatic nitrogens is 6. The number of H-pyrrole nitrogens is 2. The second-order valence-electron chi connectivity index (χ2n) is 2.77. The Morgan fingerprint density at radius 3 is 2.93 bits per heavy atom. The number of aryl methyl sites for hydroxylation is 1. The number of hydrogen-bond acceptors (Lipinski definition) is 6. The molecule has 0 atom stereocenters. The Morgan fingerprint density at radius 2 is 2.36 bits per heavy atom. The van der Waals surface area contributed by atoms with Crippen molar-refractivity contribution in [2.24, 2.45) is 0 Å². The fourth-order valence-electron chi connectivity index (χ4n) is 1.06. The summed E-state index contributed by atoms with van der Waals surface area (Å²) in [6.45, 7) is 2.26. The number of tetrazole rings is 1. The Kier molecular flexibility index (Phi) is 2.01. The molecule has 0 spiro atoms. The Bertz CT molecular complexity index is 401. The van der Waals surface area contributed by atoms with Gasteiger partial charge in [0, 0.05) is 0 Å². The van der Waals surface area contributed by atoms with Crippen LogP contribution in [0.2, 0.25) is 0 Å². The van der Waals surface area contributed by atoms with E-state index >= 15 is 0 Å². The Hall–Kier alpha value is -2.12. The van der Waals surface area contributed by atoms with Crippen LogP contribution >= 0.6 is 0 Å². The largest absolute Gasteiger partial charge is 0.382 e. The lowest BCUT2D eigenvalue weighted by Gasteiger charge is -1.98. The van der Waals surface area contributed by atoms with Crippen LogP contribution in [-0.4, -0.2) is 30.6 Å². The quantitative estimate of drug-likeness (QED) is 0.519. The molecule has 2 rings (SSSR count). The van der Waals surface area contributed by atoms with Crippen LogP contribution in [0.4, 0.5) is 11.6 Å². The lowest BCUT2D eigenvalue weighted by molar-refractivity contribution is 0.881. The summed E-state index contributed by atoms with van der Waals surface area (Å²) in [6, 6.07) is 0. The van der Waals surface area contributed by atoms with Crippen molar-refractivity contribution in [3.8, 4) is 0 Å². The zero-order chi connectivity index (χ0) is 9.97. The molecule has 0 saturated heterocycles. The highest BCUT2D eigenvalue weighted by atomic mass is 15.5. The molecule has 0 radical (unpaired) electrons. The van der Waals surface area contributed by atoms with Crippen LogP contribution in [0.3, 0.4) is 0 Å². The predicted molar refractivity (Wildman–Crippen MR) is 49.2 cm³/mol. The van der Waals surface area contributed by atoms with Crippen LogP contribution in [0.25, 0.3) is 0 Å². The number of rotatable bonds is 3. The van der Waals surface area contributed by atoms with Crippen LogP contribution in [0, 0.1) is 6.92 Å². The lowest BCUT2D eigenvalue weighted by atomic mass is 10.5. The van der Waals surface area contributed by atoms with Gasteiger partial charge in [-0.2, -0.15) is 5.21 Å². The normalized spacial score (nSPS) is 10.4. The molecule has 0 amide bonds. The molecule has 0 fully saturated rings. The van der Waals surface area contributed by atoms with Crippen LogP contribution in [-0.2, 0) is 6.54 Å². The van der Waals surface area contributed by atoms with Gasteiger partial charge in [0.1, 0.15) is 11.6 Å². The van der Waals surface area contributed by atoms with E-state index in [4.69, 9.17) is 5.73 Å². The van der Waals surface area contributed by atoms with E-state index < -0.39 is 0 Å². The molecule has 8 heteroatoms. The minimum atomic E-state index is 0.436. The molecule has 0 aliphatic heterocycles. The van der Waals surface area contributed by atoms with E-state index in [1.54, 1.807) is 0 Å². The summed E-state index contributed by atoms with van der Waals surface area (Å²) in [5.41, 5.74) is 5.64. The summed E-state index contributed by atoms with van der Waals surface area (Å²) in [4.78, 5) is 7.01. The highest BCUT2D eigenvalue weighted by Crippen LogP contribution is 2.13. The van der Waals surface area contributed by atoms with Gasteiger partial charge in [0.25, 0.3) is 0 Å². The van der Waals surface area contributed by atoms with Gasteiger partial charge in [-0.1, -0.05) is 5.21 Å². The molecule has 0 aromatic carbocycles.